The first-order valence-electron chi connectivity index (χ1n) is 3.46. The highest BCUT2D eigenvalue weighted by Gasteiger charge is 2.09. The van der Waals surface area contributed by atoms with Crippen LogP contribution in [0.3, 0.4) is 0 Å². The number of pyridine rings is 1. The Morgan fingerprint density at radius 3 is 2.85 bits per heavy atom. The van der Waals surface area contributed by atoms with E-state index < -0.39 is 0 Å². The lowest BCUT2D eigenvalue weighted by Gasteiger charge is -1.95. The standard InChI is InChI=1S/C7H5ClN4O/c8-5-3-10-2-1-4(5)6-11-12-7(9)13-6/h1-3H,(H2,9,12). The molecule has 2 N–H and O–H groups in total. The van der Waals surface area contributed by atoms with E-state index in [-0.39, 0.29) is 6.01 Å². The molecule has 13 heavy (non-hydrogen) atoms. The molecule has 0 atom stereocenters. The van der Waals surface area contributed by atoms with Gasteiger partial charge in [-0.2, -0.15) is 0 Å². The molecule has 0 bridgehead atoms. The van der Waals surface area contributed by atoms with E-state index in [2.05, 4.69) is 15.2 Å². The molecule has 2 rings (SSSR count). The highest BCUT2D eigenvalue weighted by Crippen LogP contribution is 2.25. The zero-order valence-electron chi connectivity index (χ0n) is 6.44. The second kappa shape index (κ2) is 3.02. The molecule has 0 amide bonds. The normalized spacial score (nSPS) is 10.2. The molecule has 0 aliphatic carbocycles. The van der Waals surface area contributed by atoms with E-state index in [0.717, 1.165) is 0 Å². The number of halogens is 1. The molecular weight excluding hydrogens is 192 g/mol. The summed E-state index contributed by atoms with van der Waals surface area (Å²) in [4.78, 5) is 3.82. The summed E-state index contributed by atoms with van der Waals surface area (Å²) < 4.78 is 4.99. The first-order chi connectivity index (χ1) is 6.27. The van der Waals surface area contributed by atoms with E-state index in [1.807, 2.05) is 0 Å². The summed E-state index contributed by atoms with van der Waals surface area (Å²) in [5, 5.41) is 7.66. The number of nitrogens with two attached hydrogens (primary N) is 1. The molecule has 0 aliphatic rings. The lowest BCUT2D eigenvalue weighted by molar-refractivity contribution is 0.590. The van der Waals surface area contributed by atoms with E-state index in [0.29, 0.717) is 16.5 Å². The largest absolute Gasteiger partial charge is 0.404 e. The van der Waals surface area contributed by atoms with Crippen LogP contribution in [0.4, 0.5) is 6.01 Å². The molecule has 0 saturated heterocycles. The molecule has 0 saturated carbocycles. The van der Waals surface area contributed by atoms with Crippen molar-refractivity contribution in [1.82, 2.24) is 15.2 Å². The summed E-state index contributed by atoms with van der Waals surface area (Å²) in [5.41, 5.74) is 5.89. The van der Waals surface area contributed by atoms with E-state index in [4.69, 9.17) is 21.8 Å². The van der Waals surface area contributed by atoms with Crippen molar-refractivity contribution in [1.29, 1.82) is 0 Å². The Balaban J connectivity index is 2.52. The molecule has 0 spiro atoms. The van der Waals surface area contributed by atoms with Gasteiger partial charge in [0.1, 0.15) is 0 Å². The van der Waals surface area contributed by atoms with Gasteiger partial charge in [-0.3, -0.25) is 4.98 Å². The van der Waals surface area contributed by atoms with E-state index >= 15 is 0 Å². The molecule has 66 valence electrons. The van der Waals surface area contributed by atoms with Gasteiger partial charge in [0.25, 0.3) is 5.89 Å². The van der Waals surface area contributed by atoms with Crippen LogP contribution in [0.1, 0.15) is 0 Å². The number of nitrogens with zero attached hydrogens (tertiary/aromatic N) is 3. The van der Waals surface area contributed by atoms with Crippen LogP contribution in [-0.2, 0) is 0 Å². The lowest BCUT2D eigenvalue weighted by atomic mass is 10.3. The van der Waals surface area contributed by atoms with Crippen molar-refractivity contribution in [2.24, 2.45) is 0 Å². The van der Waals surface area contributed by atoms with Crippen molar-refractivity contribution in [2.75, 3.05) is 5.73 Å². The van der Waals surface area contributed by atoms with Crippen LogP contribution < -0.4 is 5.73 Å². The van der Waals surface area contributed by atoms with Crippen molar-refractivity contribution in [3.63, 3.8) is 0 Å². The SMILES string of the molecule is Nc1nnc(-c2ccncc2Cl)o1. The van der Waals surface area contributed by atoms with Gasteiger partial charge in [0, 0.05) is 12.4 Å². The third-order valence-corrected chi connectivity index (χ3v) is 1.74. The Hall–Kier alpha value is -1.62. The van der Waals surface area contributed by atoms with Crippen molar-refractivity contribution in [3.8, 4) is 11.5 Å². The molecule has 0 unspecified atom stereocenters. The summed E-state index contributed by atoms with van der Waals surface area (Å²) in [6.45, 7) is 0. The second-order valence-corrected chi connectivity index (χ2v) is 2.71. The van der Waals surface area contributed by atoms with Gasteiger partial charge in [0.05, 0.1) is 10.6 Å². The first-order valence-corrected chi connectivity index (χ1v) is 3.84. The Morgan fingerprint density at radius 1 is 1.38 bits per heavy atom. The average molecular weight is 197 g/mol. The molecular formula is C7H5ClN4O. The summed E-state index contributed by atoms with van der Waals surface area (Å²) in [7, 11) is 0. The van der Waals surface area contributed by atoms with E-state index in [9.17, 15) is 0 Å². The number of anilines is 1. The minimum Gasteiger partial charge on any atom is -0.404 e. The molecule has 0 radical (unpaired) electrons. The maximum absolute atomic E-state index is 5.84. The van der Waals surface area contributed by atoms with Crippen molar-refractivity contribution < 1.29 is 4.42 Å². The fourth-order valence-electron chi connectivity index (χ4n) is 0.892. The fourth-order valence-corrected chi connectivity index (χ4v) is 1.09. The quantitative estimate of drug-likeness (QED) is 0.745. The summed E-state index contributed by atoms with van der Waals surface area (Å²) >= 11 is 5.84. The van der Waals surface area contributed by atoms with Crippen LogP contribution in [-0.4, -0.2) is 15.2 Å². The molecule has 2 aromatic heterocycles. The Kier molecular flexibility index (Phi) is 1.86. The Labute approximate surface area is 78.6 Å². The maximum atomic E-state index is 5.84. The Bertz CT molecular complexity index is 428. The van der Waals surface area contributed by atoms with Gasteiger partial charge in [0.2, 0.25) is 0 Å². The van der Waals surface area contributed by atoms with Crippen molar-refractivity contribution in [2.45, 2.75) is 0 Å². The minimum atomic E-state index is 0.0166. The van der Waals surface area contributed by atoms with Crippen molar-refractivity contribution >= 4 is 17.6 Å². The fraction of sp³-hybridized carbons (Fsp3) is 0. The van der Waals surface area contributed by atoms with Gasteiger partial charge in [0.15, 0.2) is 0 Å². The highest BCUT2D eigenvalue weighted by molar-refractivity contribution is 6.32. The van der Waals surface area contributed by atoms with Crippen LogP contribution in [0.2, 0.25) is 5.02 Å². The number of hydrogen-bond acceptors (Lipinski definition) is 5. The minimum absolute atomic E-state index is 0.0166. The summed E-state index contributed by atoms with van der Waals surface area (Å²) in [6, 6.07) is 1.69. The second-order valence-electron chi connectivity index (χ2n) is 2.30. The molecule has 6 heteroatoms. The first kappa shape index (κ1) is 8.00. The van der Waals surface area contributed by atoms with Crippen molar-refractivity contribution in [3.05, 3.63) is 23.5 Å². The van der Waals surface area contributed by atoms with Crippen LogP contribution >= 0.6 is 11.6 Å². The third kappa shape index (κ3) is 1.46. The molecule has 5 nitrogen and oxygen atoms in total. The highest BCUT2D eigenvalue weighted by atomic mass is 35.5. The molecule has 2 aromatic rings. The molecule has 2 heterocycles. The molecule has 0 aromatic carbocycles. The third-order valence-electron chi connectivity index (χ3n) is 1.44. The van der Waals surface area contributed by atoms with Crippen LogP contribution in [0, 0.1) is 0 Å². The predicted molar refractivity (Wildman–Crippen MR) is 47.0 cm³/mol. The zero-order chi connectivity index (χ0) is 9.26. The topological polar surface area (TPSA) is 77.8 Å². The van der Waals surface area contributed by atoms with Crippen LogP contribution in [0.15, 0.2) is 22.9 Å². The monoisotopic (exact) mass is 196 g/mol. The van der Waals surface area contributed by atoms with Gasteiger partial charge in [-0.05, 0) is 6.07 Å². The van der Waals surface area contributed by atoms with Gasteiger partial charge in [-0.15, -0.1) is 5.10 Å². The van der Waals surface area contributed by atoms with E-state index in [1.165, 1.54) is 6.20 Å². The maximum Gasteiger partial charge on any atom is 0.313 e. The van der Waals surface area contributed by atoms with Gasteiger partial charge < -0.3 is 10.2 Å². The van der Waals surface area contributed by atoms with Gasteiger partial charge in [-0.1, -0.05) is 16.7 Å². The predicted octanol–water partition coefficient (Wildman–Crippen LogP) is 1.37. The number of hydrogen-bond donors (Lipinski definition) is 1. The number of rotatable bonds is 1. The summed E-state index contributed by atoms with van der Waals surface area (Å²) in [6.07, 6.45) is 3.08. The van der Waals surface area contributed by atoms with Gasteiger partial charge >= 0.3 is 6.01 Å². The number of aromatic nitrogens is 3. The lowest BCUT2D eigenvalue weighted by Crippen LogP contribution is -1.81. The smallest absolute Gasteiger partial charge is 0.313 e. The van der Waals surface area contributed by atoms with E-state index in [1.54, 1.807) is 12.3 Å². The number of nitrogen functional groups attached to an aromatic ring is 1. The molecule has 0 aliphatic heterocycles. The zero-order valence-corrected chi connectivity index (χ0v) is 7.19. The Morgan fingerprint density at radius 2 is 2.23 bits per heavy atom. The van der Waals surface area contributed by atoms with Crippen LogP contribution in [0.5, 0.6) is 0 Å². The summed E-state index contributed by atoms with van der Waals surface area (Å²) in [5.74, 6) is 0.296. The average Bonchev–Trinajstić information content (AvgIpc) is 2.53. The van der Waals surface area contributed by atoms with Gasteiger partial charge in [-0.25, -0.2) is 0 Å². The van der Waals surface area contributed by atoms with Crippen LogP contribution in [0.25, 0.3) is 11.5 Å². The molecule has 0 fully saturated rings.